The Hall–Kier alpha value is -1.95. The Morgan fingerprint density at radius 2 is 2.30 bits per heavy atom. The average Bonchev–Trinajstić information content (AvgIpc) is 2.92. The molecule has 6 nitrogen and oxygen atoms in total. The molecule has 1 N–H and O–H groups in total. The lowest BCUT2D eigenvalue weighted by Crippen LogP contribution is -2.40. The third kappa shape index (κ3) is 3.14. The van der Waals surface area contributed by atoms with Gasteiger partial charge in [0.1, 0.15) is 0 Å². The molecule has 0 spiro atoms. The maximum atomic E-state index is 12.1. The van der Waals surface area contributed by atoms with Gasteiger partial charge in [-0.25, -0.2) is 0 Å². The van der Waals surface area contributed by atoms with Gasteiger partial charge < -0.3 is 10.1 Å². The minimum atomic E-state index is -0.477. The summed E-state index contributed by atoms with van der Waals surface area (Å²) < 4.78 is 5.51. The van der Waals surface area contributed by atoms with Crippen LogP contribution in [-0.2, 0) is 4.74 Å². The van der Waals surface area contributed by atoms with Crippen molar-refractivity contribution in [2.45, 2.75) is 38.8 Å². The Morgan fingerprint density at radius 3 is 2.90 bits per heavy atom. The van der Waals surface area contributed by atoms with Gasteiger partial charge in [0, 0.05) is 23.8 Å². The molecule has 1 aromatic rings. The summed E-state index contributed by atoms with van der Waals surface area (Å²) in [6, 6.07) is 4.39. The number of nitro benzene ring substituents is 1. The van der Waals surface area contributed by atoms with Crippen LogP contribution in [0.2, 0.25) is 0 Å². The van der Waals surface area contributed by atoms with Crippen molar-refractivity contribution in [2.24, 2.45) is 0 Å². The van der Waals surface area contributed by atoms with Crippen LogP contribution >= 0.6 is 0 Å². The van der Waals surface area contributed by atoms with Gasteiger partial charge in [-0.15, -0.1) is 0 Å². The van der Waals surface area contributed by atoms with Gasteiger partial charge in [0.25, 0.3) is 11.6 Å². The molecule has 1 heterocycles. The Bertz CT molecular complexity index is 524. The number of ether oxygens (including phenoxy) is 1. The number of hydrogen-bond donors (Lipinski definition) is 1. The van der Waals surface area contributed by atoms with Crippen molar-refractivity contribution in [1.82, 2.24) is 5.32 Å². The maximum Gasteiger partial charge on any atom is 0.273 e. The van der Waals surface area contributed by atoms with Crippen LogP contribution in [0.15, 0.2) is 18.2 Å². The molecule has 1 aliphatic rings. The molecule has 0 saturated carbocycles. The molecule has 6 heteroatoms. The summed E-state index contributed by atoms with van der Waals surface area (Å²) in [5, 5.41) is 13.7. The molecule has 1 aromatic carbocycles. The number of carbonyl (C=O) groups excluding carboxylic acids is 1. The Kier molecular flexibility index (Phi) is 4.34. The predicted octanol–water partition coefficient (Wildman–Crippen LogP) is 2.20. The van der Waals surface area contributed by atoms with Crippen LogP contribution < -0.4 is 5.32 Å². The fourth-order valence-electron chi connectivity index (χ4n) is 2.33. The van der Waals surface area contributed by atoms with Gasteiger partial charge in [0.2, 0.25) is 0 Å². The number of aryl methyl sites for hydroxylation is 1. The lowest BCUT2D eigenvalue weighted by atomic mass is 10.1. The molecular formula is C14H18N2O4. The number of nitrogens with one attached hydrogen (secondary N) is 1. The average molecular weight is 278 g/mol. The molecule has 1 amide bonds. The number of benzene rings is 1. The number of hydrogen-bond acceptors (Lipinski definition) is 4. The highest BCUT2D eigenvalue weighted by Crippen LogP contribution is 2.20. The van der Waals surface area contributed by atoms with E-state index in [-0.39, 0.29) is 23.7 Å². The van der Waals surface area contributed by atoms with E-state index in [4.69, 9.17) is 4.74 Å². The topological polar surface area (TPSA) is 81.5 Å². The van der Waals surface area contributed by atoms with Gasteiger partial charge in [0.15, 0.2) is 0 Å². The molecule has 0 aromatic heterocycles. The van der Waals surface area contributed by atoms with Gasteiger partial charge in [-0.2, -0.15) is 0 Å². The van der Waals surface area contributed by atoms with Crippen molar-refractivity contribution >= 4 is 11.6 Å². The molecule has 0 radical (unpaired) electrons. The number of rotatable bonds is 4. The van der Waals surface area contributed by atoms with E-state index < -0.39 is 4.92 Å². The third-order valence-corrected chi connectivity index (χ3v) is 3.55. The first kappa shape index (κ1) is 14.5. The lowest BCUT2D eigenvalue weighted by Gasteiger charge is -2.20. The zero-order valence-electron chi connectivity index (χ0n) is 11.6. The van der Waals surface area contributed by atoms with E-state index in [1.165, 1.54) is 6.07 Å². The minimum Gasteiger partial charge on any atom is -0.376 e. The van der Waals surface area contributed by atoms with Gasteiger partial charge in [-0.05, 0) is 32.8 Å². The zero-order chi connectivity index (χ0) is 14.7. The van der Waals surface area contributed by atoms with E-state index in [0.29, 0.717) is 11.1 Å². The lowest BCUT2D eigenvalue weighted by molar-refractivity contribution is -0.385. The van der Waals surface area contributed by atoms with E-state index in [1.807, 2.05) is 6.92 Å². The van der Waals surface area contributed by atoms with Crippen LogP contribution in [-0.4, -0.2) is 29.6 Å². The van der Waals surface area contributed by atoms with Gasteiger partial charge in [-0.3, -0.25) is 14.9 Å². The Labute approximate surface area is 117 Å². The summed E-state index contributed by atoms with van der Waals surface area (Å²) in [6.45, 7) is 4.26. The summed E-state index contributed by atoms with van der Waals surface area (Å²) in [4.78, 5) is 22.5. The summed E-state index contributed by atoms with van der Waals surface area (Å²) in [7, 11) is 0. The zero-order valence-corrected chi connectivity index (χ0v) is 11.6. The first-order valence-corrected chi connectivity index (χ1v) is 6.66. The van der Waals surface area contributed by atoms with Gasteiger partial charge >= 0.3 is 0 Å². The standard InChI is InChI=1S/C14H18N2O4/c1-9-5-6-11(8-12(9)16(18)19)14(17)15-10(2)13-4-3-7-20-13/h5-6,8,10,13H,3-4,7H2,1-2H3,(H,15,17)/t10-,13+/m0/s1. The number of nitrogens with zero attached hydrogens (tertiary/aromatic N) is 1. The van der Waals surface area contributed by atoms with E-state index in [9.17, 15) is 14.9 Å². The van der Waals surface area contributed by atoms with Gasteiger partial charge in [0.05, 0.1) is 17.1 Å². The molecule has 1 saturated heterocycles. The highest BCUT2D eigenvalue weighted by atomic mass is 16.6. The van der Waals surface area contributed by atoms with Crippen molar-refractivity contribution in [3.05, 3.63) is 39.4 Å². The minimum absolute atomic E-state index is 0.0272. The predicted molar refractivity (Wildman–Crippen MR) is 73.7 cm³/mol. The molecule has 1 fully saturated rings. The highest BCUT2D eigenvalue weighted by Gasteiger charge is 2.24. The van der Waals surface area contributed by atoms with Crippen LogP contribution in [0.5, 0.6) is 0 Å². The molecule has 20 heavy (non-hydrogen) atoms. The second-order valence-corrected chi connectivity index (χ2v) is 5.07. The smallest absolute Gasteiger partial charge is 0.273 e. The SMILES string of the molecule is Cc1ccc(C(=O)N[C@@H](C)[C@H]2CCCO2)cc1[N+](=O)[O-]. The molecule has 0 aliphatic carbocycles. The van der Waals surface area contributed by atoms with E-state index >= 15 is 0 Å². The molecule has 2 atom stereocenters. The van der Waals surface area contributed by atoms with Crippen LogP contribution in [0.1, 0.15) is 35.7 Å². The van der Waals surface area contributed by atoms with Crippen molar-refractivity contribution in [1.29, 1.82) is 0 Å². The molecule has 0 unspecified atom stereocenters. The summed E-state index contributed by atoms with van der Waals surface area (Å²) >= 11 is 0. The monoisotopic (exact) mass is 278 g/mol. The molecule has 0 bridgehead atoms. The normalized spacial score (nSPS) is 19.6. The third-order valence-electron chi connectivity index (χ3n) is 3.55. The van der Waals surface area contributed by atoms with Crippen LogP contribution in [0, 0.1) is 17.0 Å². The number of nitro groups is 1. The fourth-order valence-corrected chi connectivity index (χ4v) is 2.33. The van der Waals surface area contributed by atoms with E-state index in [0.717, 1.165) is 19.4 Å². The molecule has 108 valence electrons. The quantitative estimate of drug-likeness (QED) is 0.676. The summed E-state index contributed by atoms with van der Waals surface area (Å²) in [5.41, 5.74) is 0.799. The Balaban J connectivity index is 2.08. The van der Waals surface area contributed by atoms with Crippen molar-refractivity contribution in [3.63, 3.8) is 0 Å². The second-order valence-electron chi connectivity index (χ2n) is 5.07. The fraction of sp³-hybridized carbons (Fsp3) is 0.500. The van der Waals surface area contributed by atoms with Gasteiger partial charge in [-0.1, -0.05) is 6.07 Å². The van der Waals surface area contributed by atoms with E-state index in [1.54, 1.807) is 19.1 Å². The van der Waals surface area contributed by atoms with Crippen LogP contribution in [0.3, 0.4) is 0 Å². The van der Waals surface area contributed by atoms with Crippen LogP contribution in [0.4, 0.5) is 5.69 Å². The largest absolute Gasteiger partial charge is 0.376 e. The molecular weight excluding hydrogens is 260 g/mol. The van der Waals surface area contributed by atoms with Crippen molar-refractivity contribution < 1.29 is 14.5 Å². The number of amides is 1. The molecule has 1 aliphatic heterocycles. The first-order valence-electron chi connectivity index (χ1n) is 6.66. The summed E-state index contributed by atoms with van der Waals surface area (Å²) in [5.74, 6) is -0.309. The first-order chi connectivity index (χ1) is 9.49. The molecule has 2 rings (SSSR count). The summed E-state index contributed by atoms with van der Waals surface area (Å²) in [6.07, 6.45) is 1.95. The van der Waals surface area contributed by atoms with Crippen molar-refractivity contribution in [2.75, 3.05) is 6.61 Å². The Morgan fingerprint density at radius 1 is 1.55 bits per heavy atom. The van der Waals surface area contributed by atoms with Crippen LogP contribution in [0.25, 0.3) is 0 Å². The van der Waals surface area contributed by atoms with Crippen molar-refractivity contribution in [3.8, 4) is 0 Å². The second kappa shape index (κ2) is 6.00. The highest BCUT2D eigenvalue weighted by molar-refractivity contribution is 5.95. The maximum absolute atomic E-state index is 12.1. The van der Waals surface area contributed by atoms with E-state index in [2.05, 4.69) is 5.32 Å². The number of carbonyl (C=O) groups is 1.